The van der Waals surface area contributed by atoms with E-state index in [2.05, 4.69) is 33.4 Å². The van der Waals surface area contributed by atoms with Crippen molar-refractivity contribution in [3.05, 3.63) is 0 Å². The SMILES string of the molecule is CCCCOC1C(OCCCC)[C@@H](O)OC(CS)[C@H]1OCCCC. The van der Waals surface area contributed by atoms with E-state index in [0.717, 1.165) is 38.5 Å². The third-order valence-electron chi connectivity index (χ3n) is 4.21. The van der Waals surface area contributed by atoms with Crippen molar-refractivity contribution in [3.63, 3.8) is 0 Å². The van der Waals surface area contributed by atoms with Gasteiger partial charge in [0.2, 0.25) is 0 Å². The number of thiol groups is 1. The highest BCUT2D eigenvalue weighted by Crippen LogP contribution is 2.28. The van der Waals surface area contributed by atoms with Gasteiger partial charge in [0.25, 0.3) is 0 Å². The van der Waals surface area contributed by atoms with Crippen molar-refractivity contribution in [2.75, 3.05) is 25.6 Å². The zero-order chi connectivity index (χ0) is 17.8. The second-order valence-corrected chi connectivity index (χ2v) is 6.68. The quantitative estimate of drug-likeness (QED) is 0.388. The number of aliphatic hydroxyl groups excluding tert-OH is 1. The van der Waals surface area contributed by atoms with Crippen molar-refractivity contribution in [1.29, 1.82) is 0 Å². The maximum Gasteiger partial charge on any atom is 0.184 e. The first-order valence-electron chi connectivity index (χ1n) is 9.48. The lowest BCUT2D eigenvalue weighted by Gasteiger charge is -2.44. The van der Waals surface area contributed by atoms with Gasteiger partial charge >= 0.3 is 0 Å². The highest BCUT2D eigenvalue weighted by atomic mass is 32.1. The molecule has 1 heterocycles. The summed E-state index contributed by atoms with van der Waals surface area (Å²) in [6, 6.07) is 0. The molecule has 5 atom stereocenters. The van der Waals surface area contributed by atoms with Crippen LogP contribution in [0.3, 0.4) is 0 Å². The summed E-state index contributed by atoms with van der Waals surface area (Å²) in [6.07, 6.45) is 3.68. The number of unbranched alkanes of at least 4 members (excludes halogenated alkanes) is 3. The zero-order valence-corrected chi connectivity index (χ0v) is 16.4. The molecule has 3 unspecified atom stereocenters. The van der Waals surface area contributed by atoms with Crippen LogP contribution in [0.4, 0.5) is 0 Å². The van der Waals surface area contributed by atoms with Gasteiger partial charge < -0.3 is 24.1 Å². The number of ether oxygens (including phenoxy) is 4. The molecule has 0 spiro atoms. The minimum Gasteiger partial charge on any atom is -0.373 e. The van der Waals surface area contributed by atoms with Gasteiger partial charge in [-0.05, 0) is 19.3 Å². The normalized spacial score (nSPS) is 30.6. The summed E-state index contributed by atoms with van der Waals surface area (Å²) in [7, 11) is 0. The van der Waals surface area contributed by atoms with Crippen molar-refractivity contribution in [3.8, 4) is 0 Å². The van der Waals surface area contributed by atoms with Gasteiger partial charge in [0, 0.05) is 25.6 Å². The van der Waals surface area contributed by atoms with Gasteiger partial charge in [-0.3, -0.25) is 0 Å². The fourth-order valence-electron chi connectivity index (χ4n) is 2.70. The largest absolute Gasteiger partial charge is 0.373 e. The summed E-state index contributed by atoms with van der Waals surface area (Å²) in [5.41, 5.74) is 0. The average Bonchev–Trinajstić information content (AvgIpc) is 2.58. The highest BCUT2D eigenvalue weighted by molar-refractivity contribution is 7.80. The lowest BCUT2D eigenvalue weighted by molar-refractivity contribution is -0.302. The summed E-state index contributed by atoms with van der Waals surface area (Å²) in [5.74, 6) is 0.475. The molecule has 1 aliphatic heterocycles. The fraction of sp³-hybridized carbons (Fsp3) is 1.00. The van der Waals surface area contributed by atoms with Crippen molar-refractivity contribution >= 4 is 12.6 Å². The molecule has 1 rings (SSSR count). The van der Waals surface area contributed by atoms with E-state index in [1.807, 2.05) is 0 Å². The Morgan fingerprint density at radius 2 is 1.25 bits per heavy atom. The molecule has 5 nitrogen and oxygen atoms in total. The number of aliphatic hydroxyl groups is 1. The van der Waals surface area contributed by atoms with E-state index in [-0.39, 0.29) is 18.3 Å². The molecule has 144 valence electrons. The van der Waals surface area contributed by atoms with Crippen LogP contribution in [0.15, 0.2) is 0 Å². The van der Waals surface area contributed by atoms with E-state index >= 15 is 0 Å². The molecule has 0 saturated carbocycles. The average molecular weight is 365 g/mol. The van der Waals surface area contributed by atoms with Crippen LogP contribution in [0.2, 0.25) is 0 Å². The molecular formula is C18H36O5S. The second kappa shape index (κ2) is 13.4. The minimum atomic E-state index is -1.00. The van der Waals surface area contributed by atoms with E-state index in [4.69, 9.17) is 18.9 Å². The van der Waals surface area contributed by atoms with Crippen LogP contribution in [-0.2, 0) is 18.9 Å². The standard InChI is InChI=1S/C18H36O5S/c1-4-7-10-20-15-14(13-24)23-18(19)17(22-12-9-6-3)16(15)21-11-8-5-2/h14-19,24H,4-13H2,1-3H3/t14?,15-,16?,17?,18+/m1/s1. The molecule has 6 heteroatoms. The highest BCUT2D eigenvalue weighted by Gasteiger charge is 2.47. The van der Waals surface area contributed by atoms with Crippen LogP contribution in [0, 0.1) is 0 Å². The third-order valence-corrected chi connectivity index (χ3v) is 4.57. The predicted octanol–water partition coefficient (Wildman–Crippen LogP) is 3.19. The van der Waals surface area contributed by atoms with Gasteiger partial charge in [-0.2, -0.15) is 12.6 Å². The maximum absolute atomic E-state index is 10.4. The van der Waals surface area contributed by atoms with Crippen LogP contribution in [0.1, 0.15) is 59.3 Å². The zero-order valence-electron chi connectivity index (χ0n) is 15.5. The molecule has 1 N–H and O–H groups in total. The molecule has 0 aliphatic carbocycles. The van der Waals surface area contributed by atoms with Crippen LogP contribution in [0.25, 0.3) is 0 Å². The Morgan fingerprint density at radius 1 is 0.792 bits per heavy atom. The Balaban J connectivity index is 2.79. The molecule has 1 fully saturated rings. The topological polar surface area (TPSA) is 57.2 Å². The first kappa shape index (κ1) is 22.2. The van der Waals surface area contributed by atoms with E-state index in [0.29, 0.717) is 25.6 Å². The molecule has 0 aromatic heterocycles. The van der Waals surface area contributed by atoms with E-state index in [9.17, 15) is 5.11 Å². The molecule has 0 aromatic rings. The lowest BCUT2D eigenvalue weighted by Crippen LogP contribution is -2.61. The molecule has 0 aromatic carbocycles. The van der Waals surface area contributed by atoms with Gasteiger partial charge in [0.05, 0.1) is 6.10 Å². The lowest BCUT2D eigenvalue weighted by atomic mass is 9.98. The summed E-state index contributed by atoms with van der Waals surface area (Å²) >= 11 is 4.36. The van der Waals surface area contributed by atoms with Gasteiger partial charge in [-0.1, -0.05) is 40.0 Å². The van der Waals surface area contributed by atoms with Gasteiger partial charge in [0.1, 0.15) is 18.3 Å². The summed E-state index contributed by atoms with van der Waals surface area (Å²) in [6.45, 7) is 8.24. The molecule has 1 saturated heterocycles. The predicted molar refractivity (Wildman–Crippen MR) is 98.7 cm³/mol. The van der Waals surface area contributed by atoms with Gasteiger partial charge in [-0.25, -0.2) is 0 Å². The molecule has 1 aliphatic rings. The Morgan fingerprint density at radius 3 is 1.71 bits per heavy atom. The Kier molecular flexibility index (Phi) is 12.4. The van der Waals surface area contributed by atoms with Crippen LogP contribution < -0.4 is 0 Å². The molecule has 0 radical (unpaired) electrons. The second-order valence-electron chi connectivity index (χ2n) is 6.31. The molecular weight excluding hydrogens is 328 g/mol. The Bertz CT molecular complexity index is 305. The summed E-state index contributed by atoms with van der Waals surface area (Å²) in [5, 5.41) is 10.4. The maximum atomic E-state index is 10.4. The number of hydrogen-bond donors (Lipinski definition) is 2. The summed E-state index contributed by atoms with van der Waals surface area (Å²) in [4.78, 5) is 0. The van der Waals surface area contributed by atoms with E-state index in [1.54, 1.807) is 0 Å². The first-order valence-corrected chi connectivity index (χ1v) is 10.1. The molecule has 0 amide bonds. The minimum absolute atomic E-state index is 0.263. The van der Waals surface area contributed by atoms with Crippen molar-refractivity contribution in [1.82, 2.24) is 0 Å². The number of hydrogen-bond acceptors (Lipinski definition) is 6. The Hall–Kier alpha value is 0.150. The first-order chi connectivity index (χ1) is 11.7. The van der Waals surface area contributed by atoms with Crippen molar-refractivity contribution in [2.24, 2.45) is 0 Å². The summed E-state index contributed by atoms with van der Waals surface area (Å²) < 4.78 is 23.8. The van der Waals surface area contributed by atoms with Crippen molar-refractivity contribution in [2.45, 2.75) is 90.0 Å². The van der Waals surface area contributed by atoms with Gasteiger partial charge in [-0.15, -0.1) is 0 Å². The third kappa shape index (κ3) is 7.18. The van der Waals surface area contributed by atoms with Crippen LogP contribution >= 0.6 is 12.6 Å². The monoisotopic (exact) mass is 364 g/mol. The smallest absolute Gasteiger partial charge is 0.184 e. The fourth-order valence-corrected chi connectivity index (χ4v) is 3.00. The Labute approximate surface area is 152 Å². The van der Waals surface area contributed by atoms with Crippen LogP contribution in [-0.4, -0.2) is 61.4 Å². The van der Waals surface area contributed by atoms with Crippen LogP contribution in [0.5, 0.6) is 0 Å². The van der Waals surface area contributed by atoms with E-state index < -0.39 is 12.4 Å². The number of rotatable bonds is 13. The van der Waals surface area contributed by atoms with Crippen molar-refractivity contribution < 1.29 is 24.1 Å². The van der Waals surface area contributed by atoms with Gasteiger partial charge in [0.15, 0.2) is 6.29 Å². The van der Waals surface area contributed by atoms with E-state index in [1.165, 1.54) is 0 Å². The molecule has 0 bridgehead atoms. The molecule has 24 heavy (non-hydrogen) atoms.